The van der Waals surface area contributed by atoms with E-state index in [4.69, 9.17) is 9.47 Å². The van der Waals surface area contributed by atoms with E-state index < -0.39 is 0 Å². The predicted molar refractivity (Wildman–Crippen MR) is 89.2 cm³/mol. The second-order valence-corrected chi connectivity index (χ2v) is 6.87. The molecule has 5 heteroatoms. The van der Waals surface area contributed by atoms with Gasteiger partial charge in [0.15, 0.2) is 0 Å². The van der Waals surface area contributed by atoms with Gasteiger partial charge in [-0.2, -0.15) is 0 Å². The van der Waals surface area contributed by atoms with Crippen LogP contribution in [-0.4, -0.2) is 49.8 Å². The zero-order valence-corrected chi connectivity index (χ0v) is 14.3. The van der Waals surface area contributed by atoms with Crippen LogP contribution in [0.25, 0.3) is 0 Å². The predicted octanol–water partition coefficient (Wildman–Crippen LogP) is 2.80. The van der Waals surface area contributed by atoms with E-state index in [-0.39, 0.29) is 29.7 Å². The molecule has 1 aromatic carbocycles. The fourth-order valence-electron chi connectivity index (χ4n) is 3.95. The molecule has 24 heavy (non-hydrogen) atoms. The fraction of sp³-hybridized carbons (Fsp3) is 0.632. The Morgan fingerprint density at radius 1 is 1.50 bits per heavy atom. The number of amides is 1. The van der Waals surface area contributed by atoms with Crippen molar-refractivity contribution < 1.29 is 18.7 Å². The highest BCUT2D eigenvalue weighted by atomic mass is 19.1. The third-order valence-electron chi connectivity index (χ3n) is 5.18. The van der Waals surface area contributed by atoms with Crippen LogP contribution in [0.15, 0.2) is 24.3 Å². The van der Waals surface area contributed by atoms with Crippen molar-refractivity contribution in [3.05, 3.63) is 35.6 Å². The van der Waals surface area contributed by atoms with Crippen molar-refractivity contribution in [2.75, 3.05) is 32.9 Å². The van der Waals surface area contributed by atoms with Gasteiger partial charge >= 0.3 is 0 Å². The third kappa shape index (κ3) is 3.78. The molecule has 4 nitrogen and oxygen atoms in total. The zero-order valence-electron chi connectivity index (χ0n) is 14.3. The van der Waals surface area contributed by atoms with Crippen LogP contribution in [0.2, 0.25) is 0 Å². The molecule has 0 aromatic heterocycles. The minimum atomic E-state index is -0.299. The van der Waals surface area contributed by atoms with E-state index in [0.717, 1.165) is 31.4 Å². The Morgan fingerprint density at radius 3 is 3.17 bits per heavy atom. The van der Waals surface area contributed by atoms with Gasteiger partial charge in [0, 0.05) is 31.7 Å². The Kier molecular flexibility index (Phi) is 5.51. The van der Waals surface area contributed by atoms with E-state index in [2.05, 4.69) is 0 Å². The molecular weight excluding hydrogens is 309 g/mol. The lowest BCUT2D eigenvalue weighted by Crippen LogP contribution is -2.58. The number of likely N-dealkylation sites (tertiary alicyclic amines) is 1. The number of nitrogens with zero attached hydrogens (tertiary/aromatic N) is 1. The van der Waals surface area contributed by atoms with Gasteiger partial charge in [-0.05, 0) is 43.9 Å². The number of fused-ring (bicyclic) bond motifs is 1. The Bertz CT molecular complexity index is 579. The van der Waals surface area contributed by atoms with Crippen LogP contribution in [0.1, 0.15) is 31.7 Å². The summed E-state index contributed by atoms with van der Waals surface area (Å²) in [4.78, 5) is 14.6. The van der Waals surface area contributed by atoms with Crippen LogP contribution in [0, 0.1) is 11.2 Å². The van der Waals surface area contributed by atoms with Gasteiger partial charge in [-0.1, -0.05) is 12.1 Å². The summed E-state index contributed by atoms with van der Waals surface area (Å²) in [6.45, 7) is 5.48. The molecule has 132 valence electrons. The van der Waals surface area contributed by atoms with E-state index in [1.54, 1.807) is 12.1 Å². The maximum absolute atomic E-state index is 13.3. The van der Waals surface area contributed by atoms with Crippen LogP contribution < -0.4 is 0 Å². The van der Waals surface area contributed by atoms with Gasteiger partial charge in [-0.15, -0.1) is 0 Å². The molecule has 2 atom stereocenters. The monoisotopic (exact) mass is 335 g/mol. The first-order valence-electron chi connectivity index (χ1n) is 8.84. The summed E-state index contributed by atoms with van der Waals surface area (Å²) in [5.74, 6) is -0.243. The molecule has 0 spiro atoms. The topological polar surface area (TPSA) is 38.8 Å². The molecular formula is C19H26FNO3. The van der Waals surface area contributed by atoms with Crippen LogP contribution in [-0.2, 0) is 20.7 Å². The smallest absolute Gasteiger partial charge is 0.227 e. The fourth-order valence-corrected chi connectivity index (χ4v) is 3.95. The van der Waals surface area contributed by atoms with Crippen LogP contribution >= 0.6 is 0 Å². The largest absolute Gasteiger partial charge is 0.381 e. The van der Waals surface area contributed by atoms with E-state index in [1.807, 2.05) is 11.8 Å². The number of piperidine rings is 1. The SMILES string of the molecule is CCOC[C@]12CCCO[C@H]1CCN(C(=O)Cc1cccc(F)c1)C2. The lowest BCUT2D eigenvalue weighted by atomic mass is 9.73. The summed E-state index contributed by atoms with van der Waals surface area (Å²) in [5, 5.41) is 0. The number of benzene rings is 1. The molecule has 0 radical (unpaired) electrons. The molecule has 0 saturated carbocycles. The second-order valence-electron chi connectivity index (χ2n) is 6.87. The molecule has 3 rings (SSSR count). The van der Waals surface area contributed by atoms with Gasteiger partial charge in [-0.3, -0.25) is 4.79 Å². The van der Waals surface area contributed by atoms with E-state index in [1.165, 1.54) is 12.1 Å². The van der Waals surface area contributed by atoms with Crippen molar-refractivity contribution in [2.24, 2.45) is 5.41 Å². The van der Waals surface area contributed by atoms with Gasteiger partial charge < -0.3 is 14.4 Å². The molecule has 0 N–H and O–H groups in total. The van der Waals surface area contributed by atoms with E-state index >= 15 is 0 Å². The number of carbonyl (C=O) groups is 1. The summed E-state index contributed by atoms with van der Waals surface area (Å²) in [6, 6.07) is 6.28. The number of hydrogen-bond acceptors (Lipinski definition) is 3. The van der Waals surface area contributed by atoms with Crippen molar-refractivity contribution in [1.82, 2.24) is 4.90 Å². The van der Waals surface area contributed by atoms with Gasteiger partial charge in [0.2, 0.25) is 5.91 Å². The van der Waals surface area contributed by atoms with Crippen LogP contribution in [0.5, 0.6) is 0 Å². The van der Waals surface area contributed by atoms with Gasteiger partial charge in [-0.25, -0.2) is 4.39 Å². The van der Waals surface area contributed by atoms with E-state index in [0.29, 0.717) is 26.3 Å². The van der Waals surface area contributed by atoms with E-state index in [9.17, 15) is 9.18 Å². The number of halogens is 1. The summed E-state index contributed by atoms with van der Waals surface area (Å²) in [7, 11) is 0. The number of ether oxygens (including phenoxy) is 2. The molecule has 2 fully saturated rings. The molecule has 2 aliphatic rings. The summed E-state index contributed by atoms with van der Waals surface area (Å²) < 4.78 is 25.0. The molecule has 0 aliphatic carbocycles. The Hall–Kier alpha value is -1.46. The summed E-state index contributed by atoms with van der Waals surface area (Å²) >= 11 is 0. The highest BCUT2D eigenvalue weighted by Crippen LogP contribution is 2.40. The Morgan fingerprint density at radius 2 is 2.38 bits per heavy atom. The first kappa shape index (κ1) is 17.4. The van der Waals surface area contributed by atoms with Crippen molar-refractivity contribution in [3.63, 3.8) is 0 Å². The normalized spacial score (nSPS) is 26.9. The zero-order chi connectivity index (χ0) is 17.0. The molecule has 0 bridgehead atoms. The van der Waals surface area contributed by atoms with Gasteiger partial charge in [0.25, 0.3) is 0 Å². The molecule has 2 heterocycles. The third-order valence-corrected chi connectivity index (χ3v) is 5.18. The van der Waals surface area contributed by atoms with Gasteiger partial charge in [0.05, 0.1) is 19.1 Å². The lowest BCUT2D eigenvalue weighted by molar-refractivity contribution is -0.163. The van der Waals surface area contributed by atoms with Crippen molar-refractivity contribution in [1.29, 1.82) is 0 Å². The maximum atomic E-state index is 13.3. The van der Waals surface area contributed by atoms with Gasteiger partial charge in [0.1, 0.15) is 5.82 Å². The highest BCUT2D eigenvalue weighted by molar-refractivity contribution is 5.79. The quantitative estimate of drug-likeness (QED) is 0.830. The second kappa shape index (κ2) is 7.62. The molecule has 1 amide bonds. The highest BCUT2D eigenvalue weighted by Gasteiger charge is 2.47. The minimum Gasteiger partial charge on any atom is -0.381 e. The summed E-state index contributed by atoms with van der Waals surface area (Å²) in [6.07, 6.45) is 3.31. The number of hydrogen-bond donors (Lipinski definition) is 0. The van der Waals surface area contributed by atoms with Crippen molar-refractivity contribution in [3.8, 4) is 0 Å². The minimum absolute atomic E-state index is 0.0560. The Labute approximate surface area is 142 Å². The molecule has 2 saturated heterocycles. The van der Waals surface area contributed by atoms with Crippen LogP contribution in [0.4, 0.5) is 4.39 Å². The lowest BCUT2D eigenvalue weighted by Gasteiger charge is -2.50. The van der Waals surface area contributed by atoms with Crippen molar-refractivity contribution >= 4 is 5.91 Å². The molecule has 1 aromatic rings. The first-order valence-corrected chi connectivity index (χ1v) is 8.84. The maximum Gasteiger partial charge on any atom is 0.227 e. The average Bonchev–Trinajstić information content (AvgIpc) is 2.59. The number of carbonyl (C=O) groups excluding carboxylic acids is 1. The molecule has 0 unspecified atom stereocenters. The molecule has 2 aliphatic heterocycles. The standard InChI is InChI=1S/C19H26FNO3/c1-2-23-14-19-8-4-10-24-17(19)7-9-21(13-19)18(22)12-15-5-3-6-16(20)11-15/h3,5-6,11,17H,2,4,7-10,12-14H2,1H3/t17-,19+/m0/s1. The summed E-state index contributed by atoms with van der Waals surface area (Å²) in [5.41, 5.74) is 0.630. The van der Waals surface area contributed by atoms with Crippen LogP contribution in [0.3, 0.4) is 0 Å². The Balaban J connectivity index is 1.69. The van der Waals surface area contributed by atoms with Crippen molar-refractivity contribution in [2.45, 2.75) is 38.7 Å². The average molecular weight is 335 g/mol. The number of rotatable bonds is 5. The first-order chi connectivity index (χ1) is 11.6.